The summed E-state index contributed by atoms with van der Waals surface area (Å²) >= 11 is 0. The topological polar surface area (TPSA) is 66.1 Å². The molecule has 0 radical (unpaired) electrons. The molecular weight excluding hydrogens is 306 g/mol. The second-order valence-corrected chi connectivity index (χ2v) is 5.10. The Morgan fingerprint density at radius 1 is 1.25 bits per heavy atom. The maximum Gasteiger partial charge on any atom is 0.433 e. The van der Waals surface area contributed by atoms with Crippen molar-refractivity contribution in [2.24, 2.45) is 0 Å². The molecule has 2 aromatic heterocycles. The first-order valence-corrected chi connectivity index (χ1v) is 7.66. The van der Waals surface area contributed by atoms with Crippen LogP contribution in [0.2, 0.25) is 0 Å². The van der Waals surface area contributed by atoms with E-state index in [0.717, 1.165) is 5.56 Å². The van der Waals surface area contributed by atoms with Gasteiger partial charge in [0.2, 0.25) is 0 Å². The molecule has 0 atom stereocenters. The Kier molecular flexibility index (Phi) is 4.56. The highest BCUT2D eigenvalue weighted by Crippen LogP contribution is 2.12. The number of nitrogens with zero attached hydrogens (tertiary/aromatic N) is 3. The third-order valence-electron chi connectivity index (χ3n) is 3.55. The number of aromatic nitrogens is 3. The van der Waals surface area contributed by atoms with Gasteiger partial charge in [0.05, 0.1) is 24.1 Å². The van der Waals surface area contributed by atoms with E-state index in [1.54, 1.807) is 43.6 Å². The number of hydrogen-bond acceptors (Lipinski definition) is 4. The van der Waals surface area contributed by atoms with Gasteiger partial charge in [-0.15, -0.1) is 0 Å². The Hall–Kier alpha value is -3.15. The van der Waals surface area contributed by atoms with Crippen LogP contribution in [0.15, 0.2) is 59.7 Å². The smallest absolute Gasteiger partial charge is 0.433 e. The molecule has 0 spiro atoms. The van der Waals surface area contributed by atoms with Gasteiger partial charge in [-0.25, -0.2) is 9.48 Å². The number of ether oxygens (including phenoxy) is 1. The number of hydrogen-bond donors (Lipinski definition) is 0. The van der Waals surface area contributed by atoms with Crippen LogP contribution in [-0.2, 0) is 11.3 Å². The molecule has 3 rings (SSSR count). The van der Waals surface area contributed by atoms with E-state index in [4.69, 9.17) is 4.74 Å². The normalized spacial score (nSPS) is 11.2. The third-order valence-corrected chi connectivity index (χ3v) is 3.55. The Morgan fingerprint density at radius 3 is 2.83 bits per heavy atom. The highest BCUT2D eigenvalue weighted by Gasteiger charge is 2.18. The first kappa shape index (κ1) is 15.7. The molecule has 0 bridgehead atoms. The highest BCUT2D eigenvalue weighted by atomic mass is 16.6. The molecule has 6 nitrogen and oxygen atoms in total. The summed E-state index contributed by atoms with van der Waals surface area (Å²) in [7, 11) is 0. The lowest BCUT2D eigenvalue weighted by molar-refractivity contribution is 0.147. The summed E-state index contributed by atoms with van der Waals surface area (Å²) in [6.07, 6.45) is 6.52. The molecule has 0 aliphatic rings. The van der Waals surface area contributed by atoms with Crippen molar-refractivity contribution in [3.63, 3.8) is 0 Å². The van der Waals surface area contributed by atoms with Gasteiger partial charge in [-0.1, -0.05) is 30.4 Å². The third kappa shape index (κ3) is 2.99. The van der Waals surface area contributed by atoms with Crippen LogP contribution in [-0.4, -0.2) is 27.0 Å². The second kappa shape index (κ2) is 6.95. The van der Waals surface area contributed by atoms with Gasteiger partial charge in [-0.3, -0.25) is 9.78 Å². The van der Waals surface area contributed by atoms with Gasteiger partial charge in [-0.05, 0) is 30.7 Å². The number of allylic oxidation sites excluding steroid dienone is 1. The Labute approximate surface area is 138 Å². The van der Waals surface area contributed by atoms with Crippen molar-refractivity contribution in [1.82, 2.24) is 14.3 Å². The van der Waals surface area contributed by atoms with Crippen LogP contribution in [0, 0.1) is 0 Å². The number of rotatable bonds is 4. The average Bonchev–Trinajstić information content (AvgIpc) is 2.89. The molecule has 0 saturated heterocycles. The van der Waals surface area contributed by atoms with Crippen LogP contribution in [0.25, 0.3) is 17.0 Å². The minimum Gasteiger partial charge on any atom is -0.448 e. The number of fused-ring (bicyclic) bond motifs is 1. The molecule has 0 aliphatic heterocycles. The van der Waals surface area contributed by atoms with Crippen molar-refractivity contribution in [2.75, 3.05) is 6.61 Å². The van der Waals surface area contributed by atoms with Crippen molar-refractivity contribution in [3.05, 3.63) is 70.8 Å². The van der Waals surface area contributed by atoms with Crippen LogP contribution >= 0.6 is 0 Å². The molecule has 0 aliphatic carbocycles. The SMILES string of the molecule is CCOC(=O)n1c2ccccc2c(=O)n1CC=Cc1cccnc1. The molecule has 3 aromatic rings. The summed E-state index contributed by atoms with van der Waals surface area (Å²) in [5, 5.41) is 0.486. The monoisotopic (exact) mass is 323 g/mol. The lowest BCUT2D eigenvalue weighted by Crippen LogP contribution is -2.28. The van der Waals surface area contributed by atoms with E-state index in [0.29, 0.717) is 10.9 Å². The zero-order valence-corrected chi connectivity index (χ0v) is 13.3. The van der Waals surface area contributed by atoms with E-state index in [1.807, 2.05) is 24.3 Å². The molecule has 0 unspecified atom stereocenters. The van der Waals surface area contributed by atoms with E-state index in [9.17, 15) is 9.59 Å². The van der Waals surface area contributed by atoms with Gasteiger partial charge in [0, 0.05) is 12.4 Å². The first-order valence-electron chi connectivity index (χ1n) is 7.66. The summed E-state index contributed by atoms with van der Waals surface area (Å²) in [5.41, 5.74) is 1.23. The van der Waals surface area contributed by atoms with Crippen molar-refractivity contribution >= 4 is 23.1 Å². The van der Waals surface area contributed by atoms with Gasteiger partial charge in [-0.2, -0.15) is 4.68 Å². The van der Waals surface area contributed by atoms with Crippen molar-refractivity contribution in [1.29, 1.82) is 0 Å². The fourth-order valence-electron chi connectivity index (χ4n) is 2.51. The average molecular weight is 323 g/mol. The molecule has 6 heteroatoms. The second-order valence-electron chi connectivity index (χ2n) is 5.10. The van der Waals surface area contributed by atoms with Crippen LogP contribution in [0.4, 0.5) is 4.79 Å². The predicted octanol–water partition coefficient (Wildman–Crippen LogP) is 2.92. The predicted molar refractivity (Wildman–Crippen MR) is 91.9 cm³/mol. The molecule has 0 amide bonds. The molecule has 0 N–H and O–H groups in total. The van der Waals surface area contributed by atoms with Crippen LogP contribution in [0.5, 0.6) is 0 Å². The quantitative estimate of drug-likeness (QED) is 0.740. The summed E-state index contributed by atoms with van der Waals surface area (Å²) in [4.78, 5) is 28.9. The maximum atomic E-state index is 12.6. The van der Waals surface area contributed by atoms with E-state index >= 15 is 0 Å². The maximum absolute atomic E-state index is 12.6. The van der Waals surface area contributed by atoms with E-state index in [2.05, 4.69) is 4.98 Å². The van der Waals surface area contributed by atoms with Crippen molar-refractivity contribution in [2.45, 2.75) is 13.5 Å². The van der Waals surface area contributed by atoms with E-state index in [1.165, 1.54) is 9.36 Å². The minimum atomic E-state index is -0.564. The summed E-state index contributed by atoms with van der Waals surface area (Å²) in [5.74, 6) is 0. The van der Waals surface area contributed by atoms with E-state index < -0.39 is 6.09 Å². The highest BCUT2D eigenvalue weighted by molar-refractivity contribution is 5.87. The number of carbonyl (C=O) groups is 1. The number of carbonyl (C=O) groups excluding carboxylic acids is 1. The molecular formula is C18H17N3O3. The Bertz CT molecular complexity index is 939. The molecule has 1 aromatic carbocycles. The standard InChI is InChI=1S/C18H17N3O3/c1-2-24-18(23)21-16-10-4-3-9-15(16)17(22)20(21)12-6-8-14-7-5-11-19-13-14/h3-11,13H,2,12H2,1H3. The van der Waals surface area contributed by atoms with Crippen LogP contribution < -0.4 is 5.56 Å². The number of para-hydroxylation sites is 1. The fourth-order valence-corrected chi connectivity index (χ4v) is 2.51. The fraction of sp³-hybridized carbons (Fsp3) is 0.167. The lowest BCUT2D eigenvalue weighted by atomic mass is 10.2. The van der Waals surface area contributed by atoms with Crippen LogP contribution in [0.1, 0.15) is 12.5 Å². The van der Waals surface area contributed by atoms with Gasteiger partial charge < -0.3 is 4.74 Å². The molecule has 122 valence electrons. The number of benzene rings is 1. The van der Waals surface area contributed by atoms with Gasteiger partial charge in [0.15, 0.2) is 0 Å². The zero-order chi connectivity index (χ0) is 16.9. The summed E-state index contributed by atoms with van der Waals surface area (Å²) in [6.45, 7) is 2.22. The number of pyridine rings is 1. The first-order chi connectivity index (χ1) is 11.7. The van der Waals surface area contributed by atoms with Gasteiger partial charge in [0.1, 0.15) is 0 Å². The van der Waals surface area contributed by atoms with Crippen LogP contribution in [0.3, 0.4) is 0 Å². The molecule has 0 fully saturated rings. The summed E-state index contributed by atoms with van der Waals surface area (Å²) in [6, 6.07) is 10.7. The largest absolute Gasteiger partial charge is 0.448 e. The van der Waals surface area contributed by atoms with Crippen molar-refractivity contribution < 1.29 is 9.53 Å². The Balaban J connectivity index is 2.01. The summed E-state index contributed by atoms with van der Waals surface area (Å²) < 4.78 is 7.74. The lowest BCUT2D eigenvalue weighted by Gasteiger charge is -2.09. The molecule has 2 heterocycles. The molecule has 24 heavy (non-hydrogen) atoms. The van der Waals surface area contributed by atoms with E-state index in [-0.39, 0.29) is 18.7 Å². The van der Waals surface area contributed by atoms with Crippen molar-refractivity contribution in [3.8, 4) is 0 Å². The van der Waals surface area contributed by atoms with Gasteiger partial charge in [0.25, 0.3) is 5.56 Å². The zero-order valence-electron chi connectivity index (χ0n) is 13.3. The minimum absolute atomic E-state index is 0.227. The Morgan fingerprint density at radius 2 is 2.08 bits per heavy atom. The molecule has 0 saturated carbocycles. The van der Waals surface area contributed by atoms with Gasteiger partial charge >= 0.3 is 6.09 Å².